The number of rotatable bonds is 8. The zero-order valence-corrected chi connectivity index (χ0v) is 26.0. The summed E-state index contributed by atoms with van der Waals surface area (Å²) in [6, 6.07) is 5.72. The molecule has 2 fully saturated rings. The monoisotopic (exact) mass is 612 g/mol. The maximum absolute atomic E-state index is 14.5. The molecule has 2 amide bonds. The van der Waals surface area contributed by atoms with Crippen LogP contribution in [-0.2, 0) is 11.2 Å². The average molecular weight is 613 g/mol. The van der Waals surface area contributed by atoms with E-state index in [-0.39, 0.29) is 23.7 Å². The summed E-state index contributed by atoms with van der Waals surface area (Å²) in [7, 11) is 0. The Morgan fingerprint density at radius 3 is 2.62 bits per heavy atom. The van der Waals surface area contributed by atoms with E-state index in [9.17, 15) is 14.0 Å². The lowest BCUT2D eigenvalue weighted by molar-refractivity contribution is -0.137. The Kier molecular flexibility index (Phi) is 9.07. The van der Waals surface area contributed by atoms with E-state index in [1.807, 2.05) is 51.5 Å². The number of imidazole rings is 1. The van der Waals surface area contributed by atoms with Crippen molar-refractivity contribution in [1.29, 1.82) is 0 Å². The van der Waals surface area contributed by atoms with Crippen LogP contribution in [0.15, 0.2) is 60.5 Å². The maximum atomic E-state index is 14.5. The Morgan fingerprint density at radius 1 is 1.16 bits per heavy atom. The number of carbonyl (C=O) groups excluding carboxylic acids is 2. The first-order valence-corrected chi connectivity index (χ1v) is 15.9. The van der Waals surface area contributed by atoms with Gasteiger partial charge < -0.3 is 20.4 Å². The molecule has 2 aromatic heterocycles. The molecule has 3 aliphatic heterocycles. The standard InChI is InChI=1S/C34H41FN8O2/c1-4-23-18-28(30(22(3)35)38-20-23)29-21-39-32-31(37-12-13-43(29)32)40-26-6-7-27(24(5-2)19-26)34(45)42-16-14-41(15-17-42)33(44)25-8-10-36-11-9-25/h4,6-7,12-13,18-19,21-23,25,36H,1,5,8-11,14-17,20H2,2-3H3,(H,37,40). The van der Waals surface area contributed by atoms with Crippen LogP contribution in [0, 0.1) is 11.8 Å². The molecule has 2 unspecified atom stereocenters. The predicted octanol–water partition coefficient (Wildman–Crippen LogP) is 4.32. The normalized spacial score (nSPS) is 20.0. The lowest BCUT2D eigenvalue weighted by Crippen LogP contribution is -2.52. The molecule has 2 saturated heterocycles. The predicted molar refractivity (Wildman–Crippen MR) is 175 cm³/mol. The number of aromatic nitrogens is 3. The summed E-state index contributed by atoms with van der Waals surface area (Å²) in [4.78, 5) is 44.0. The zero-order chi connectivity index (χ0) is 31.5. The number of halogens is 1. The molecular weight excluding hydrogens is 571 g/mol. The highest BCUT2D eigenvalue weighted by molar-refractivity contribution is 6.26. The first-order valence-electron chi connectivity index (χ1n) is 15.9. The number of aryl methyl sites for hydroxylation is 1. The molecule has 0 bridgehead atoms. The highest BCUT2D eigenvalue weighted by atomic mass is 19.1. The zero-order valence-electron chi connectivity index (χ0n) is 26.0. The first kappa shape index (κ1) is 30.6. The van der Waals surface area contributed by atoms with Gasteiger partial charge in [-0.1, -0.05) is 19.1 Å². The highest BCUT2D eigenvalue weighted by Gasteiger charge is 2.30. The summed E-state index contributed by atoms with van der Waals surface area (Å²) in [5, 5.41) is 6.69. The maximum Gasteiger partial charge on any atom is 0.254 e. The number of benzene rings is 1. The van der Waals surface area contributed by atoms with Gasteiger partial charge in [0.1, 0.15) is 6.17 Å². The molecule has 3 aliphatic rings. The molecule has 0 spiro atoms. The van der Waals surface area contributed by atoms with E-state index in [1.165, 1.54) is 6.92 Å². The second-order valence-corrected chi connectivity index (χ2v) is 11.9. The quantitative estimate of drug-likeness (QED) is 0.367. The molecule has 6 rings (SSSR count). The van der Waals surface area contributed by atoms with Crippen LogP contribution in [0.25, 0.3) is 11.2 Å². The molecule has 236 valence electrons. The van der Waals surface area contributed by atoms with E-state index in [4.69, 9.17) is 0 Å². The van der Waals surface area contributed by atoms with Crippen LogP contribution in [-0.4, -0.2) is 93.7 Å². The molecule has 2 N–H and O–H groups in total. The van der Waals surface area contributed by atoms with Gasteiger partial charge in [0, 0.05) is 73.8 Å². The first-order chi connectivity index (χ1) is 21.9. The minimum atomic E-state index is -1.22. The summed E-state index contributed by atoms with van der Waals surface area (Å²) in [6.45, 7) is 11.9. The second-order valence-electron chi connectivity index (χ2n) is 11.9. The minimum absolute atomic E-state index is 0.0105. The Balaban J connectivity index is 1.17. The highest BCUT2D eigenvalue weighted by Crippen LogP contribution is 2.29. The molecule has 2 atom stereocenters. The lowest BCUT2D eigenvalue weighted by Gasteiger charge is -2.37. The van der Waals surface area contributed by atoms with E-state index in [0.717, 1.165) is 42.9 Å². The van der Waals surface area contributed by atoms with Crippen molar-refractivity contribution in [3.05, 3.63) is 72.3 Å². The molecule has 0 saturated carbocycles. The summed E-state index contributed by atoms with van der Waals surface area (Å²) in [5.74, 6) is 0.870. The number of piperidine rings is 1. The fourth-order valence-corrected chi connectivity index (χ4v) is 6.48. The van der Waals surface area contributed by atoms with Crippen LogP contribution in [0.3, 0.4) is 0 Å². The van der Waals surface area contributed by atoms with Gasteiger partial charge in [-0.3, -0.25) is 19.0 Å². The molecule has 0 aliphatic carbocycles. The van der Waals surface area contributed by atoms with Crippen LogP contribution in [0.4, 0.5) is 15.9 Å². The number of piperazine rings is 1. The number of fused-ring (bicyclic) bond motifs is 1. The number of nitrogens with one attached hydrogen (secondary N) is 2. The fraction of sp³-hybridized carbons (Fsp3) is 0.441. The van der Waals surface area contributed by atoms with Gasteiger partial charge in [-0.25, -0.2) is 14.4 Å². The van der Waals surface area contributed by atoms with Gasteiger partial charge in [-0.05, 0) is 63.0 Å². The summed E-state index contributed by atoms with van der Waals surface area (Å²) in [5.41, 5.74) is 4.82. The Bertz CT molecular complexity index is 1650. The topological polar surface area (TPSA) is 107 Å². The minimum Gasteiger partial charge on any atom is -0.339 e. The van der Waals surface area contributed by atoms with Gasteiger partial charge in [-0.2, -0.15) is 0 Å². The van der Waals surface area contributed by atoms with Gasteiger partial charge in [-0.15, -0.1) is 6.58 Å². The number of amides is 2. The fourth-order valence-electron chi connectivity index (χ4n) is 6.48. The Hall–Kier alpha value is -4.38. The number of anilines is 2. The number of dihydropyridines is 1. The van der Waals surface area contributed by atoms with E-state index < -0.39 is 6.17 Å². The van der Waals surface area contributed by atoms with Crippen LogP contribution in [0.5, 0.6) is 0 Å². The summed E-state index contributed by atoms with van der Waals surface area (Å²) in [6.07, 6.45) is 10.2. The van der Waals surface area contributed by atoms with Crippen molar-refractivity contribution >= 4 is 40.3 Å². The van der Waals surface area contributed by atoms with Crippen LogP contribution in [0.2, 0.25) is 0 Å². The van der Waals surface area contributed by atoms with Crippen molar-refractivity contribution < 1.29 is 14.0 Å². The third-order valence-electron chi connectivity index (χ3n) is 9.06. The van der Waals surface area contributed by atoms with Gasteiger partial charge >= 0.3 is 0 Å². The Morgan fingerprint density at radius 2 is 1.91 bits per heavy atom. The van der Waals surface area contributed by atoms with Gasteiger partial charge in [0.15, 0.2) is 11.5 Å². The number of alkyl halides is 1. The third kappa shape index (κ3) is 6.26. The number of allylic oxidation sites excluding steroid dienone is 1. The Labute approximate surface area is 263 Å². The summed E-state index contributed by atoms with van der Waals surface area (Å²) >= 11 is 0. The number of aliphatic imine (C=N–C) groups is 1. The largest absolute Gasteiger partial charge is 0.339 e. The van der Waals surface area contributed by atoms with Gasteiger partial charge in [0.25, 0.3) is 5.91 Å². The number of nitrogens with zero attached hydrogens (tertiary/aromatic N) is 6. The number of carbonyl (C=O) groups is 2. The molecule has 5 heterocycles. The van der Waals surface area contributed by atoms with Crippen molar-refractivity contribution in [2.24, 2.45) is 16.8 Å². The average Bonchev–Trinajstić information content (AvgIpc) is 3.53. The van der Waals surface area contributed by atoms with Crippen molar-refractivity contribution in [3.8, 4) is 0 Å². The van der Waals surface area contributed by atoms with Crippen LogP contribution < -0.4 is 10.6 Å². The lowest BCUT2D eigenvalue weighted by atomic mass is 9.95. The molecule has 0 radical (unpaired) electrons. The molecule has 3 aromatic rings. The van der Waals surface area contributed by atoms with Crippen LogP contribution in [0.1, 0.15) is 48.3 Å². The van der Waals surface area contributed by atoms with Crippen molar-refractivity contribution in [1.82, 2.24) is 29.5 Å². The van der Waals surface area contributed by atoms with Crippen LogP contribution >= 0.6 is 0 Å². The SMILES string of the molecule is C=CC1C=C(c2cnc3c(Nc4ccc(C(=O)N5CCN(C(=O)C6CCNCC6)CC5)c(CC)c4)nccn23)C(C(C)F)=NC1. The van der Waals surface area contributed by atoms with E-state index in [0.29, 0.717) is 67.5 Å². The molecule has 11 heteroatoms. The molecule has 10 nitrogen and oxygen atoms in total. The number of hydrogen-bond donors (Lipinski definition) is 2. The van der Waals surface area contributed by atoms with Gasteiger partial charge in [0.2, 0.25) is 5.91 Å². The third-order valence-corrected chi connectivity index (χ3v) is 9.06. The van der Waals surface area contributed by atoms with Crippen molar-refractivity contribution in [3.63, 3.8) is 0 Å². The van der Waals surface area contributed by atoms with Crippen molar-refractivity contribution in [2.75, 3.05) is 51.1 Å². The van der Waals surface area contributed by atoms with E-state index in [2.05, 4.69) is 32.2 Å². The van der Waals surface area contributed by atoms with E-state index >= 15 is 0 Å². The van der Waals surface area contributed by atoms with Crippen molar-refractivity contribution in [2.45, 2.75) is 39.3 Å². The number of hydrogen-bond acceptors (Lipinski definition) is 7. The molecule has 45 heavy (non-hydrogen) atoms. The molecular formula is C34H41FN8O2. The molecule has 1 aromatic carbocycles. The summed E-state index contributed by atoms with van der Waals surface area (Å²) < 4.78 is 16.4. The smallest absolute Gasteiger partial charge is 0.254 e. The van der Waals surface area contributed by atoms with Gasteiger partial charge in [0.05, 0.1) is 17.6 Å². The van der Waals surface area contributed by atoms with E-state index in [1.54, 1.807) is 18.6 Å². The second kappa shape index (κ2) is 13.3.